The van der Waals surface area contributed by atoms with Gasteiger partial charge in [0.2, 0.25) is 0 Å². The van der Waals surface area contributed by atoms with Crippen LogP contribution >= 0.6 is 11.6 Å². The highest BCUT2D eigenvalue weighted by Crippen LogP contribution is 2.13. The number of Topliss-reactive ketones (excluding diaryl/α,β-unsaturated/α-hetero) is 1. The lowest BCUT2D eigenvalue weighted by molar-refractivity contribution is 0.0991. The van der Waals surface area contributed by atoms with Crippen molar-refractivity contribution in [1.82, 2.24) is 0 Å². The molecule has 13 heavy (non-hydrogen) atoms. The van der Waals surface area contributed by atoms with E-state index in [2.05, 4.69) is 0 Å². The molecule has 70 valence electrons. The number of benzene rings is 1. The second-order valence-electron chi connectivity index (χ2n) is 3.28. The summed E-state index contributed by atoms with van der Waals surface area (Å²) in [5.74, 6) is -0.00948. The highest BCUT2D eigenvalue weighted by molar-refractivity contribution is 6.33. The maximum absolute atomic E-state index is 11.5. The van der Waals surface area contributed by atoms with E-state index in [-0.39, 0.29) is 5.78 Å². The van der Waals surface area contributed by atoms with E-state index in [9.17, 15) is 4.79 Å². The smallest absolute Gasteiger partial charge is 0.180 e. The van der Waals surface area contributed by atoms with E-state index >= 15 is 0 Å². The Bertz CT molecular complexity index is 329. The maximum Gasteiger partial charge on any atom is 0.180 e. The summed E-state index contributed by atoms with van der Waals surface area (Å²) in [5, 5.41) is -0.442. The highest BCUT2D eigenvalue weighted by atomic mass is 35.5. The van der Waals surface area contributed by atoms with Crippen molar-refractivity contribution in [2.75, 3.05) is 0 Å². The molecule has 0 aliphatic rings. The lowest BCUT2D eigenvalue weighted by atomic mass is 10.0. The molecule has 2 heteroatoms. The van der Waals surface area contributed by atoms with Crippen LogP contribution in [0.1, 0.15) is 28.4 Å². The fourth-order valence-corrected chi connectivity index (χ4v) is 1.25. The van der Waals surface area contributed by atoms with Crippen LogP contribution in [0, 0.1) is 13.8 Å². The summed E-state index contributed by atoms with van der Waals surface area (Å²) in [7, 11) is 0. The van der Waals surface area contributed by atoms with Crippen LogP contribution in [-0.2, 0) is 0 Å². The summed E-state index contributed by atoms with van der Waals surface area (Å²) >= 11 is 5.71. The molecule has 0 fully saturated rings. The molecule has 0 aliphatic heterocycles. The van der Waals surface area contributed by atoms with Crippen LogP contribution in [0.25, 0.3) is 0 Å². The number of hydrogen-bond acceptors (Lipinski definition) is 1. The molecule has 0 radical (unpaired) electrons. The molecule has 1 atom stereocenters. The number of hydrogen-bond donors (Lipinski definition) is 0. The second kappa shape index (κ2) is 3.93. The first kappa shape index (κ1) is 10.3. The van der Waals surface area contributed by atoms with Gasteiger partial charge in [-0.1, -0.05) is 12.1 Å². The molecular formula is C11H13ClO. The van der Waals surface area contributed by atoms with Gasteiger partial charge in [0.15, 0.2) is 5.78 Å². The quantitative estimate of drug-likeness (QED) is 0.525. The molecule has 0 aliphatic carbocycles. The first-order valence-electron chi connectivity index (χ1n) is 4.28. The topological polar surface area (TPSA) is 17.1 Å². The van der Waals surface area contributed by atoms with Crippen LogP contribution in [0.5, 0.6) is 0 Å². The highest BCUT2D eigenvalue weighted by Gasteiger charge is 2.12. The standard InChI is InChI=1S/C11H13ClO/c1-7-4-5-10(6-8(7)2)11(13)9(3)12/h4-6,9H,1-3H3. The zero-order chi connectivity index (χ0) is 10.0. The third kappa shape index (κ3) is 2.31. The van der Waals surface area contributed by atoms with Gasteiger partial charge in [-0.3, -0.25) is 4.79 Å². The number of ketones is 1. The van der Waals surface area contributed by atoms with Gasteiger partial charge in [-0.15, -0.1) is 11.6 Å². The summed E-state index contributed by atoms with van der Waals surface area (Å²) in [6, 6.07) is 5.65. The number of halogens is 1. The lowest BCUT2D eigenvalue weighted by Gasteiger charge is -2.05. The van der Waals surface area contributed by atoms with E-state index < -0.39 is 5.38 Å². The monoisotopic (exact) mass is 196 g/mol. The van der Waals surface area contributed by atoms with Crippen LogP contribution < -0.4 is 0 Å². The number of carbonyl (C=O) groups is 1. The van der Waals surface area contributed by atoms with E-state index in [1.54, 1.807) is 6.92 Å². The number of aryl methyl sites for hydroxylation is 2. The summed E-state index contributed by atoms with van der Waals surface area (Å²) in [5.41, 5.74) is 3.02. The van der Waals surface area contributed by atoms with Gasteiger partial charge in [-0.2, -0.15) is 0 Å². The fraction of sp³-hybridized carbons (Fsp3) is 0.364. The molecule has 1 aromatic carbocycles. The van der Waals surface area contributed by atoms with Crippen LogP contribution in [-0.4, -0.2) is 11.2 Å². The minimum absolute atomic E-state index is 0.00948. The Morgan fingerprint density at radius 3 is 2.38 bits per heavy atom. The summed E-state index contributed by atoms with van der Waals surface area (Å²) in [6.07, 6.45) is 0. The van der Waals surface area contributed by atoms with Gasteiger partial charge in [0.25, 0.3) is 0 Å². The van der Waals surface area contributed by atoms with E-state index in [1.807, 2.05) is 32.0 Å². The molecule has 1 unspecified atom stereocenters. The van der Waals surface area contributed by atoms with Crippen LogP contribution in [0.15, 0.2) is 18.2 Å². The maximum atomic E-state index is 11.5. The minimum atomic E-state index is -0.442. The van der Waals surface area contributed by atoms with Crippen molar-refractivity contribution in [3.05, 3.63) is 34.9 Å². The largest absolute Gasteiger partial charge is 0.293 e. The molecule has 1 rings (SSSR count). The van der Waals surface area contributed by atoms with Gasteiger partial charge in [-0.25, -0.2) is 0 Å². The first-order valence-corrected chi connectivity index (χ1v) is 4.71. The van der Waals surface area contributed by atoms with E-state index in [4.69, 9.17) is 11.6 Å². The Labute approximate surface area is 83.7 Å². The van der Waals surface area contributed by atoms with Crippen molar-refractivity contribution in [2.45, 2.75) is 26.1 Å². The van der Waals surface area contributed by atoms with Gasteiger partial charge >= 0.3 is 0 Å². The average Bonchev–Trinajstić information content (AvgIpc) is 2.08. The normalized spacial score (nSPS) is 12.6. The second-order valence-corrected chi connectivity index (χ2v) is 3.93. The number of rotatable bonds is 2. The number of alkyl halides is 1. The molecule has 0 N–H and O–H groups in total. The van der Waals surface area contributed by atoms with Crippen molar-refractivity contribution < 1.29 is 4.79 Å². The zero-order valence-corrected chi connectivity index (χ0v) is 8.85. The van der Waals surface area contributed by atoms with Crippen molar-refractivity contribution in [1.29, 1.82) is 0 Å². The zero-order valence-electron chi connectivity index (χ0n) is 8.10. The van der Waals surface area contributed by atoms with E-state index in [0.29, 0.717) is 5.56 Å². The molecule has 0 aromatic heterocycles. The molecule has 0 saturated carbocycles. The predicted octanol–water partition coefficient (Wildman–Crippen LogP) is 3.11. The van der Waals surface area contributed by atoms with E-state index in [0.717, 1.165) is 5.56 Å². The van der Waals surface area contributed by atoms with Crippen molar-refractivity contribution in [3.63, 3.8) is 0 Å². The SMILES string of the molecule is Cc1ccc(C(=O)C(C)Cl)cc1C. The Morgan fingerprint density at radius 1 is 1.31 bits per heavy atom. The van der Waals surface area contributed by atoms with Gasteiger partial charge < -0.3 is 0 Å². The van der Waals surface area contributed by atoms with Crippen molar-refractivity contribution in [3.8, 4) is 0 Å². The molecule has 0 bridgehead atoms. The fourth-order valence-electron chi connectivity index (χ4n) is 1.12. The third-order valence-electron chi connectivity index (χ3n) is 2.15. The summed E-state index contributed by atoms with van der Waals surface area (Å²) in [6.45, 7) is 5.71. The summed E-state index contributed by atoms with van der Waals surface area (Å²) in [4.78, 5) is 11.5. The van der Waals surface area contributed by atoms with E-state index in [1.165, 1.54) is 5.56 Å². The molecule has 0 amide bonds. The van der Waals surface area contributed by atoms with Crippen molar-refractivity contribution >= 4 is 17.4 Å². The first-order chi connectivity index (χ1) is 6.02. The number of carbonyl (C=O) groups excluding carboxylic acids is 1. The molecule has 0 saturated heterocycles. The van der Waals surface area contributed by atoms with Gasteiger partial charge in [0.05, 0.1) is 5.38 Å². The Hall–Kier alpha value is -0.820. The minimum Gasteiger partial charge on any atom is -0.293 e. The molecule has 0 heterocycles. The third-order valence-corrected chi connectivity index (χ3v) is 2.35. The summed E-state index contributed by atoms with van der Waals surface area (Å²) < 4.78 is 0. The molecule has 1 aromatic rings. The lowest BCUT2D eigenvalue weighted by Crippen LogP contribution is -2.10. The Morgan fingerprint density at radius 2 is 1.92 bits per heavy atom. The van der Waals surface area contributed by atoms with Crippen molar-refractivity contribution in [2.24, 2.45) is 0 Å². The van der Waals surface area contributed by atoms with Gasteiger partial charge in [0, 0.05) is 5.56 Å². The Kier molecular flexibility index (Phi) is 3.10. The molecule has 0 spiro atoms. The Balaban J connectivity index is 3.04. The van der Waals surface area contributed by atoms with Crippen LogP contribution in [0.2, 0.25) is 0 Å². The average molecular weight is 197 g/mol. The van der Waals surface area contributed by atoms with Gasteiger partial charge in [0.1, 0.15) is 0 Å². The van der Waals surface area contributed by atoms with Gasteiger partial charge in [-0.05, 0) is 38.0 Å². The van der Waals surface area contributed by atoms with Crippen LogP contribution in [0.4, 0.5) is 0 Å². The molecular weight excluding hydrogens is 184 g/mol. The predicted molar refractivity (Wildman–Crippen MR) is 55.6 cm³/mol. The molecule has 1 nitrogen and oxygen atoms in total. The van der Waals surface area contributed by atoms with Crippen LogP contribution in [0.3, 0.4) is 0 Å².